The van der Waals surface area contributed by atoms with Crippen molar-refractivity contribution in [2.75, 3.05) is 0 Å². The average molecular weight is 867 g/mol. The van der Waals surface area contributed by atoms with Gasteiger partial charge in [0.05, 0.1) is 49.9 Å². The molecule has 8 aromatic carbocycles. The minimum Gasteiger partial charge on any atom is -0.506 e. The molecule has 0 atom stereocenters. The van der Waals surface area contributed by atoms with Gasteiger partial charge in [-0.15, -0.1) is 0 Å². The third-order valence-electron chi connectivity index (χ3n) is 13.7. The summed E-state index contributed by atoms with van der Waals surface area (Å²) in [6.45, 7) is 13.6. The fourth-order valence-electron chi connectivity index (χ4n) is 10.2. The summed E-state index contributed by atoms with van der Waals surface area (Å²) >= 11 is 0. The highest BCUT2D eigenvalue weighted by Gasteiger charge is 2.28. The van der Waals surface area contributed by atoms with Gasteiger partial charge >= 0.3 is 0 Å². The fraction of sp³-hybridized carbons (Fsp3) is 0.129. The second kappa shape index (κ2) is 15.0. The van der Waals surface area contributed by atoms with Gasteiger partial charge in [0, 0.05) is 39.0 Å². The van der Waals surface area contributed by atoms with Crippen LogP contribution in [0.5, 0.6) is 5.75 Å². The topological polar surface area (TPSA) is 55.4 Å². The van der Waals surface area contributed by atoms with E-state index >= 15 is 0 Å². The van der Waals surface area contributed by atoms with Crippen molar-refractivity contribution in [1.82, 2.24) is 18.9 Å². The number of benzene rings is 8. The van der Waals surface area contributed by atoms with Crippen molar-refractivity contribution in [3.05, 3.63) is 199 Å². The Morgan fingerprint density at radius 3 is 1.82 bits per heavy atom. The van der Waals surface area contributed by atoms with Gasteiger partial charge in [0.1, 0.15) is 11.6 Å². The van der Waals surface area contributed by atoms with Gasteiger partial charge in [0.2, 0.25) is 0 Å². The maximum atomic E-state index is 13.0. The minimum absolute atomic E-state index is 0.0879. The highest BCUT2D eigenvalue weighted by Crippen LogP contribution is 2.49. The lowest BCUT2D eigenvalue weighted by Gasteiger charge is -2.23. The SMILES string of the molecule is CC(C)(C)c1cc(-c2cc(-c3ccccc3)ccn2)cc(-c2cccc3c2nc(-c2cc4c5ccccc5n5c6ccccc6c(c2O)c45)n3-c2ccc(C(C)(C)C)cc2-c2ccccc2)c1. The zero-order valence-electron chi connectivity index (χ0n) is 38.6. The molecule has 1 N–H and O–H groups in total. The first-order chi connectivity index (χ1) is 32.4. The summed E-state index contributed by atoms with van der Waals surface area (Å²) in [5, 5.41) is 17.0. The number of imidazole rings is 1. The van der Waals surface area contributed by atoms with Crippen molar-refractivity contribution in [3.8, 4) is 67.5 Å². The minimum atomic E-state index is -0.154. The van der Waals surface area contributed by atoms with E-state index in [2.05, 4.69) is 226 Å². The van der Waals surface area contributed by atoms with Crippen LogP contribution in [-0.2, 0) is 10.8 Å². The molecule has 4 heterocycles. The number of hydrogen-bond acceptors (Lipinski definition) is 3. The molecule has 5 heteroatoms. The largest absolute Gasteiger partial charge is 0.506 e. The molecule has 0 aliphatic carbocycles. The van der Waals surface area contributed by atoms with Gasteiger partial charge in [-0.1, -0.05) is 163 Å². The van der Waals surface area contributed by atoms with Crippen molar-refractivity contribution >= 4 is 49.1 Å². The lowest BCUT2D eigenvalue weighted by Crippen LogP contribution is -2.12. The van der Waals surface area contributed by atoms with Crippen LogP contribution in [0.15, 0.2) is 188 Å². The molecule has 0 bridgehead atoms. The van der Waals surface area contributed by atoms with Crippen LogP contribution in [-0.4, -0.2) is 24.0 Å². The molecular weight excluding hydrogens is 817 g/mol. The predicted octanol–water partition coefficient (Wildman–Crippen LogP) is 16.2. The Bertz CT molecular complexity index is 3880. The summed E-state index contributed by atoms with van der Waals surface area (Å²) in [5.74, 6) is 0.887. The van der Waals surface area contributed by atoms with Crippen molar-refractivity contribution < 1.29 is 5.11 Å². The summed E-state index contributed by atoms with van der Waals surface area (Å²) in [4.78, 5) is 10.7. The van der Waals surface area contributed by atoms with E-state index in [0.29, 0.717) is 11.4 Å². The molecule has 0 saturated heterocycles. The highest BCUT2D eigenvalue weighted by atomic mass is 16.3. The standard InChI is InChI=1S/C62H50N4O/c1-61(2,3)43-28-29-54(48(36-43)39-20-11-8-12-21-39)66-55-27-17-24-45(41-32-42(34-44(33-41)62(4,5)6)51-35-40(30-31-63-51)38-18-9-7-10-19-38)57(55)64-60(66)50-37-49-46-22-13-15-25-52(46)65-53-26-16-14-23-47(53)56(58(49)65)59(50)67/h7-37,67H,1-6H3. The van der Waals surface area contributed by atoms with Gasteiger partial charge in [-0.2, -0.15) is 0 Å². The van der Waals surface area contributed by atoms with Crippen LogP contribution in [0.1, 0.15) is 52.7 Å². The fourth-order valence-corrected chi connectivity index (χ4v) is 10.2. The number of pyridine rings is 1. The number of phenolic OH excluding ortho intramolecular Hbond substituents is 1. The summed E-state index contributed by atoms with van der Waals surface area (Å²) in [7, 11) is 0. The Morgan fingerprint density at radius 1 is 0.448 bits per heavy atom. The highest BCUT2D eigenvalue weighted by molar-refractivity contribution is 6.26. The van der Waals surface area contributed by atoms with E-state index in [1.54, 1.807) is 0 Å². The van der Waals surface area contributed by atoms with Crippen LogP contribution in [0, 0.1) is 0 Å². The molecule has 0 amide bonds. The molecule has 67 heavy (non-hydrogen) atoms. The molecule has 0 aliphatic heterocycles. The van der Waals surface area contributed by atoms with Crippen LogP contribution in [0.2, 0.25) is 0 Å². The zero-order chi connectivity index (χ0) is 45.8. The Kier molecular flexibility index (Phi) is 9.07. The van der Waals surface area contributed by atoms with Crippen LogP contribution < -0.4 is 0 Å². The molecule has 324 valence electrons. The first-order valence-electron chi connectivity index (χ1n) is 23.2. The summed E-state index contributed by atoms with van der Waals surface area (Å²) in [5.41, 5.74) is 17.3. The van der Waals surface area contributed by atoms with Crippen LogP contribution in [0.3, 0.4) is 0 Å². The number of para-hydroxylation sites is 3. The van der Waals surface area contributed by atoms with E-state index in [1.807, 2.05) is 12.3 Å². The third kappa shape index (κ3) is 6.52. The number of rotatable bonds is 6. The molecule has 12 aromatic rings. The van der Waals surface area contributed by atoms with Gasteiger partial charge in [-0.05, 0) is 105 Å². The number of phenols is 1. The van der Waals surface area contributed by atoms with E-state index < -0.39 is 0 Å². The molecule has 0 fully saturated rings. The maximum absolute atomic E-state index is 13.0. The lowest BCUT2D eigenvalue weighted by molar-refractivity contribution is 0.483. The molecule has 12 rings (SSSR count). The molecule has 4 aromatic heterocycles. The Morgan fingerprint density at radius 2 is 1.09 bits per heavy atom. The van der Waals surface area contributed by atoms with E-state index in [4.69, 9.17) is 9.97 Å². The maximum Gasteiger partial charge on any atom is 0.149 e. The Balaban J connectivity index is 1.18. The number of aromatic hydroxyl groups is 1. The Labute approximate surface area is 390 Å². The van der Waals surface area contributed by atoms with Crippen molar-refractivity contribution in [3.63, 3.8) is 0 Å². The zero-order valence-corrected chi connectivity index (χ0v) is 38.6. The Hall–Kier alpha value is -8.02. The number of nitrogens with zero attached hydrogens (tertiary/aromatic N) is 4. The monoisotopic (exact) mass is 866 g/mol. The van der Waals surface area contributed by atoms with Gasteiger partial charge in [0.15, 0.2) is 0 Å². The second-order valence-electron chi connectivity index (χ2n) is 20.1. The molecule has 0 saturated carbocycles. The van der Waals surface area contributed by atoms with Crippen LogP contribution >= 0.6 is 0 Å². The molecule has 0 unspecified atom stereocenters. The van der Waals surface area contributed by atoms with Gasteiger partial charge in [0.25, 0.3) is 0 Å². The van der Waals surface area contributed by atoms with Gasteiger partial charge < -0.3 is 9.51 Å². The average Bonchev–Trinajstić information content (AvgIpc) is 4.01. The van der Waals surface area contributed by atoms with E-state index in [0.717, 1.165) is 99.5 Å². The van der Waals surface area contributed by atoms with Crippen LogP contribution in [0.4, 0.5) is 0 Å². The molecule has 0 aliphatic rings. The lowest BCUT2D eigenvalue weighted by atomic mass is 9.83. The number of fused-ring (bicyclic) bond motifs is 7. The van der Waals surface area contributed by atoms with E-state index in [9.17, 15) is 5.11 Å². The smallest absolute Gasteiger partial charge is 0.149 e. The van der Waals surface area contributed by atoms with Gasteiger partial charge in [-0.3, -0.25) is 9.55 Å². The van der Waals surface area contributed by atoms with Gasteiger partial charge in [-0.25, -0.2) is 4.98 Å². The summed E-state index contributed by atoms with van der Waals surface area (Å²) in [6, 6.07) is 64.8. The summed E-state index contributed by atoms with van der Waals surface area (Å²) < 4.78 is 4.60. The quantitative estimate of drug-likeness (QED) is 0.181. The first kappa shape index (κ1) is 40.5. The molecule has 0 spiro atoms. The molecule has 5 nitrogen and oxygen atoms in total. The van der Waals surface area contributed by atoms with E-state index in [1.165, 1.54) is 11.1 Å². The number of aromatic nitrogens is 4. The summed E-state index contributed by atoms with van der Waals surface area (Å²) in [6.07, 6.45) is 1.91. The number of hydrogen-bond donors (Lipinski definition) is 1. The van der Waals surface area contributed by atoms with Crippen molar-refractivity contribution in [1.29, 1.82) is 0 Å². The molecular formula is C62H50N4O. The van der Waals surface area contributed by atoms with Crippen LogP contribution in [0.25, 0.3) is 111 Å². The first-order valence-corrected chi connectivity index (χ1v) is 23.2. The normalized spacial score (nSPS) is 12.4. The second-order valence-corrected chi connectivity index (χ2v) is 20.1. The molecule has 0 radical (unpaired) electrons. The van der Waals surface area contributed by atoms with E-state index in [-0.39, 0.29) is 16.6 Å². The predicted molar refractivity (Wildman–Crippen MR) is 280 cm³/mol. The van der Waals surface area contributed by atoms with Crippen molar-refractivity contribution in [2.45, 2.75) is 52.4 Å². The van der Waals surface area contributed by atoms with Crippen molar-refractivity contribution in [2.24, 2.45) is 0 Å². The third-order valence-corrected chi connectivity index (χ3v) is 13.7.